The Labute approximate surface area is 158 Å². The molecule has 0 aromatic heterocycles. The number of hydrogen-bond donors (Lipinski definition) is 1. The monoisotopic (exact) mass is 365 g/mol. The molecule has 0 aliphatic heterocycles. The van der Waals surface area contributed by atoms with E-state index in [9.17, 15) is 4.79 Å². The zero-order valence-electron chi connectivity index (χ0n) is 14.8. The smallest absolute Gasteiger partial charge is 0.262 e. The summed E-state index contributed by atoms with van der Waals surface area (Å²) in [5.41, 5.74) is 5.14. The van der Waals surface area contributed by atoms with E-state index in [1.165, 1.54) is 5.56 Å². The molecule has 3 aromatic rings. The number of aryl methyl sites for hydroxylation is 2. The van der Waals surface area contributed by atoms with Gasteiger partial charge in [-0.1, -0.05) is 53.6 Å². The molecule has 3 rings (SSSR count). The van der Waals surface area contributed by atoms with E-state index in [0.717, 1.165) is 22.4 Å². The van der Waals surface area contributed by atoms with Crippen LogP contribution in [0.3, 0.4) is 0 Å². The highest BCUT2D eigenvalue weighted by atomic mass is 35.5. The van der Waals surface area contributed by atoms with Gasteiger partial charge in [-0.3, -0.25) is 4.79 Å². The van der Waals surface area contributed by atoms with E-state index in [1.807, 2.05) is 37.3 Å². The standard InChI is InChI=1S/C22H20ClNO2/c1-15-3-5-17(6-4-15)18-7-10-20(11-8-18)26-14-22(25)24-21-12-9-19(23)13-16(21)2/h3-13H,14H2,1-2H3,(H,24,25). The highest BCUT2D eigenvalue weighted by Gasteiger charge is 2.07. The predicted octanol–water partition coefficient (Wildman–Crippen LogP) is 5.64. The van der Waals surface area contributed by atoms with Crippen LogP contribution < -0.4 is 10.1 Å². The van der Waals surface area contributed by atoms with Crippen LogP contribution in [0.15, 0.2) is 66.7 Å². The number of anilines is 1. The Bertz CT molecular complexity index is 902. The van der Waals surface area contributed by atoms with Gasteiger partial charge in [0.1, 0.15) is 5.75 Å². The fraction of sp³-hybridized carbons (Fsp3) is 0.136. The largest absolute Gasteiger partial charge is 0.484 e. The molecule has 0 spiro atoms. The molecule has 1 amide bonds. The van der Waals surface area contributed by atoms with Gasteiger partial charge < -0.3 is 10.1 Å². The van der Waals surface area contributed by atoms with Gasteiger partial charge in [-0.2, -0.15) is 0 Å². The summed E-state index contributed by atoms with van der Waals surface area (Å²) in [6.45, 7) is 3.91. The zero-order valence-corrected chi connectivity index (χ0v) is 15.5. The summed E-state index contributed by atoms with van der Waals surface area (Å²) in [5.74, 6) is 0.446. The average Bonchev–Trinajstić information content (AvgIpc) is 2.63. The zero-order chi connectivity index (χ0) is 18.5. The molecule has 0 atom stereocenters. The van der Waals surface area contributed by atoms with Crippen molar-refractivity contribution >= 4 is 23.2 Å². The highest BCUT2D eigenvalue weighted by molar-refractivity contribution is 6.30. The molecule has 0 fully saturated rings. The molecule has 0 saturated carbocycles. The van der Waals surface area contributed by atoms with E-state index < -0.39 is 0 Å². The van der Waals surface area contributed by atoms with Crippen LogP contribution in [-0.4, -0.2) is 12.5 Å². The van der Waals surface area contributed by atoms with Crippen LogP contribution >= 0.6 is 11.6 Å². The maximum absolute atomic E-state index is 12.1. The Kier molecular flexibility index (Phi) is 5.59. The number of amides is 1. The topological polar surface area (TPSA) is 38.3 Å². The van der Waals surface area contributed by atoms with Crippen molar-refractivity contribution in [3.8, 4) is 16.9 Å². The number of carbonyl (C=O) groups excluding carboxylic acids is 1. The number of hydrogen-bond acceptors (Lipinski definition) is 2. The second kappa shape index (κ2) is 8.07. The Balaban J connectivity index is 1.57. The second-order valence-electron chi connectivity index (χ2n) is 6.19. The highest BCUT2D eigenvalue weighted by Crippen LogP contribution is 2.23. The first kappa shape index (κ1) is 18.0. The van der Waals surface area contributed by atoms with E-state index in [4.69, 9.17) is 16.3 Å². The molecule has 0 radical (unpaired) electrons. The van der Waals surface area contributed by atoms with Crippen molar-refractivity contribution in [2.45, 2.75) is 13.8 Å². The summed E-state index contributed by atoms with van der Waals surface area (Å²) in [4.78, 5) is 12.1. The van der Waals surface area contributed by atoms with E-state index >= 15 is 0 Å². The number of nitrogens with one attached hydrogen (secondary N) is 1. The lowest BCUT2D eigenvalue weighted by Crippen LogP contribution is -2.20. The Morgan fingerprint density at radius 2 is 1.54 bits per heavy atom. The molecule has 0 unspecified atom stereocenters. The van der Waals surface area contributed by atoms with Crippen molar-refractivity contribution in [3.63, 3.8) is 0 Å². The number of ether oxygens (including phenoxy) is 1. The molecule has 3 aromatic carbocycles. The summed E-state index contributed by atoms with van der Waals surface area (Å²) in [5, 5.41) is 3.47. The summed E-state index contributed by atoms with van der Waals surface area (Å²) < 4.78 is 5.58. The number of halogens is 1. The van der Waals surface area contributed by atoms with Gasteiger partial charge in [0.25, 0.3) is 5.91 Å². The molecule has 1 N–H and O–H groups in total. The van der Waals surface area contributed by atoms with Crippen LogP contribution in [0, 0.1) is 13.8 Å². The van der Waals surface area contributed by atoms with Crippen molar-refractivity contribution < 1.29 is 9.53 Å². The third-order valence-electron chi connectivity index (χ3n) is 4.07. The summed E-state index contributed by atoms with van der Waals surface area (Å²) >= 11 is 5.92. The molecule has 0 heterocycles. The van der Waals surface area contributed by atoms with Crippen LogP contribution in [0.2, 0.25) is 5.02 Å². The molecule has 4 heteroatoms. The minimum atomic E-state index is -0.210. The van der Waals surface area contributed by atoms with Crippen LogP contribution in [0.4, 0.5) is 5.69 Å². The van der Waals surface area contributed by atoms with Gasteiger partial charge >= 0.3 is 0 Å². The molecule has 132 valence electrons. The SMILES string of the molecule is Cc1ccc(-c2ccc(OCC(=O)Nc3ccc(Cl)cc3C)cc2)cc1. The van der Waals surface area contributed by atoms with Crippen LogP contribution in [0.5, 0.6) is 5.75 Å². The van der Waals surface area contributed by atoms with Crippen molar-refractivity contribution in [2.75, 3.05) is 11.9 Å². The van der Waals surface area contributed by atoms with Gasteiger partial charge in [-0.15, -0.1) is 0 Å². The third-order valence-corrected chi connectivity index (χ3v) is 4.31. The lowest BCUT2D eigenvalue weighted by molar-refractivity contribution is -0.118. The van der Waals surface area contributed by atoms with Crippen molar-refractivity contribution in [1.29, 1.82) is 0 Å². The first-order chi connectivity index (χ1) is 12.5. The summed E-state index contributed by atoms with van der Waals surface area (Å²) in [7, 11) is 0. The summed E-state index contributed by atoms with van der Waals surface area (Å²) in [6.07, 6.45) is 0. The lowest BCUT2D eigenvalue weighted by atomic mass is 10.0. The number of benzene rings is 3. The van der Waals surface area contributed by atoms with Crippen LogP contribution in [-0.2, 0) is 4.79 Å². The number of carbonyl (C=O) groups is 1. The lowest BCUT2D eigenvalue weighted by Gasteiger charge is -2.10. The maximum Gasteiger partial charge on any atom is 0.262 e. The molecule has 0 saturated heterocycles. The van der Waals surface area contributed by atoms with Gasteiger partial charge in [0.05, 0.1) is 0 Å². The molecular weight excluding hydrogens is 346 g/mol. The van der Waals surface area contributed by atoms with E-state index in [-0.39, 0.29) is 12.5 Å². The van der Waals surface area contributed by atoms with E-state index in [0.29, 0.717) is 10.8 Å². The molecule has 26 heavy (non-hydrogen) atoms. The Hall–Kier alpha value is -2.78. The fourth-order valence-corrected chi connectivity index (χ4v) is 2.82. The van der Waals surface area contributed by atoms with Gasteiger partial charge in [0, 0.05) is 10.7 Å². The third kappa shape index (κ3) is 4.64. The quantitative estimate of drug-likeness (QED) is 0.635. The van der Waals surface area contributed by atoms with Gasteiger partial charge in [0.2, 0.25) is 0 Å². The predicted molar refractivity (Wildman–Crippen MR) is 107 cm³/mol. The average molecular weight is 366 g/mol. The maximum atomic E-state index is 12.1. The first-order valence-electron chi connectivity index (χ1n) is 8.37. The molecule has 0 aliphatic rings. The minimum Gasteiger partial charge on any atom is -0.484 e. The van der Waals surface area contributed by atoms with Gasteiger partial charge in [0.15, 0.2) is 6.61 Å². The molecular formula is C22H20ClNO2. The van der Waals surface area contributed by atoms with E-state index in [2.05, 4.69) is 36.5 Å². The van der Waals surface area contributed by atoms with Crippen LogP contribution in [0.1, 0.15) is 11.1 Å². The molecule has 0 aliphatic carbocycles. The Morgan fingerprint density at radius 1 is 0.923 bits per heavy atom. The summed E-state index contributed by atoms with van der Waals surface area (Å²) in [6, 6.07) is 21.4. The van der Waals surface area contributed by atoms with E-state index in [1.54, 1.807) is 12.1 Å². The molecule has 3 nitrogen and oxygen atoms in total. The van der Waals surface area contributed by atoms with Crippen molar-refractivity contribution in [3.05, 3.63) is 82.9 Å². The second-order valence-corrected chi connectivity index (χ2v) is 6.62. The van der Waals surface area contributed by atoms with Gasteiger partial charge in [-0.05, 0) is 60.9 Å². The van der Waals surface area contributed by atoms with Crippen molar-refractivity contribution in [1.82, 2.24) is 0 Å². The van der Waals surface area contributed by atoms with Crippen LogP contribution in [0.25, 0.3) is 11.1 Å². The normalized spacial score (nSPS) is 10.4. The fourth-order valence-electron chi connectivity index (χ4n) is 2.59. The van der Waals surface area contributed by atoms with Gasteiger partial charge in [-0.25, -0.2) is 0 Å². The Morgan fingerprint density at radius 3 is 2.15 bits per heavy atom. The molecule has 0 bridgehead atoms. The first-order valence-corrected chi connectivity index (χ1v) is 8.75. The minimum absolute atomic E-state index is 0.0497. The number of rotatable bonds is 5. The van der Waals surface area contributed by atoms with Crippen molar-refractivity contribution in [2.24, 2.45) is 0 Å².